The van der Waals surface area contributed by atoms with Crippen LogP contribution in [0.4, 0.5) is 0 Å². The van der Waals surface area contributed by atoms with Crippen LogP contribution in [0.5, 0.6) is 0 Å². The van der Waals surface area contributed by atoms with Crippen LogP contribution in [-0.4, -0.2) is 0 Å². The summed E-state index contributed by atoms with van der Waals surface area (Å²) in [6.45, 7) is 7.71. The van der Waals surface area contributed by atoms with Crippen LogP contribution < -0.4 is 5.73 Å². The minimum Gasteiger partial charge on any atom is -0.326 e. The molecule has 0 heterocycles. The standard InChI is InChI=1S/C27H49N/c1-4-5-6-7-8-9-10-11-12-13-14-15-16-17-20-23-27(2,3)26-22-19-18-21-25(26)24-28/h18-19,21-22H,4-17,20,23-24,28H2,1-3H3. The van der Waals surface area contributed by atoms with Crippen molar-refractivity contribution >= 4 is 0 Å². The van der Waals surface area contributed by atoms with E-state index >= 15 is 0 Å². The van der Waals surface area contributed by atoms with E-state index in [2.05, 4.69) is 45.0 Å². The SMILES string of the molecule is CCCCCCCCCCCCCCCCCC(C)(C)c1ccccc1CN. The average Bonchev–Trinajstić information content (AvgIpc) is 2.70. The lowest BCUT2D eigenvalue weighted by atomic mass is 9.77. The van der Waals surface area contributed by atoms with Gasteiger partial charge in [-0.05, 0) is 23.0 Å². The molecule has 0 fully saturated rings. The molecule has 0 bridgehead atoms. The molecule has 0 saturated carbocycles. The van der Waals surface area contributed by atoms with Gasteiger partial charge in [-0.15, -0.1) is 0 Å². The molecule has 0 aliphatic carbocycles. The van der Waals surface area contributed by atoms with Crippen molar-refractivity contribution in [3.63, 3.8) is 0 Å². The number of nitrogens with two attached hydrogens (primary N) is 1. The van der Waals surface area contributed by atoms with Gasteiger partial charge >= 0.3 is 0 Å². The summed E-state index contributed by atoms with van der Waals surface area (Å²) in [6.07, 6.45) is 22.7. The smallest absolute Gasteiger partial charge is 0.0181 e. The van der Waals surface area contributed by atoms with Crippen LogP contribution in [0.3, 0.4) is 0 Å². The predicted molar refractivity (Wildman–Crippen MR) is 127 cm³/mol. The van der Waals surface area contributed by atoms with E-state index in [0.29, 0.717) is 6.54 Å². The lowest BCUT2D eigenvalue weighted by Gasteiger charge is -2.27. The van der Waals surface area contributed by atoms with Crippen molar-refractivity contribution in [1.29, 1.82) is 0 Å². The van der Waals surface area contributed by atoms with Crippen LogP contribution in [0.1, 0.15) is 135 Å². The Bertz CT molecular complexity index is 477. The first-order chi connectivity index (χ1) is 13.6. The minimum atomic E-state index is 0.243. The summed E-state index contributed by atoms with van der Waals surface area (Å²) < 4.78 is 0. The van der Waals surface area contributed by atoms with Gasteiger partial charge in [0.2, 0.25) is 0 Å². The first-order valence-corrected chi connectivity index (χ1v) is 12.4. The van der Waals surface area contributed by atoms with Crippen LogP contribution in [0.25, 0.3) is 0 Å². The van der Waals surface area contributed by atoms with Crippen LogP contribution in [0.15, 0.2) is 24.3 Å². The van der Waals surface area contributed by atoms with Crippen LogP contribution in [0.2, 0.25) is 0 Å². The highest BCUT2D eigenvalue weighted by atomic mass is 14.5. The largest absolute Gasteiger partial charge is 0.326 e. The Morgan fingerprint density at radius 2 is 1.07 bits per heavy atom. The summed E-state index contributed by atoms with van der Waals surface area (Å²) in [4.78, 5) is 0. The van der Waals surface area contributed by atoms with E-state index < -0.39 is 0 Å². The number of hydrogen-bond donors (Lipinski definition) is 1. The summed E-state index contributed by atoms with van der Waals surface area (Å²) in [5, 5.41) is 0. The number of benzene rings is 1. The molecule has 0 radical (unpaired) electrons. The summed E-state index contributed by atoms with van der Waals surface area (Å²) in [5.74, 6) is 0. The van der Waals surface area contributed by atoms with Crippen LogP contribution >= 0.6 is 0 Å². The van der Waals surface area contributed by atoms with Crippen molar-refractivity contribution in [2.45, 2.75) is 135 Å². The number of hydrogen-bond acceptors (Lipinski definition) is 1. The minimum absolute atomic E-state index is 0.243. The van der Waals surface area contributed by atoms with E-state index in [4.69, 9.17) is 5.73 Å². The molecule has 28 heavy (non-hydrogen) atoms. The summed E-state index contributed by atoms with van der Waals surface area (Å²) in [7, 11) is 0. The lowest BCUT2D eigenvalue weighted by molar-refractivity contribution is 0.438. The van der Waals surface area contributed by atoms with Gasteiger partial charge in [-0.25, -0.2) is 0 Å². The zero-order chi connectivity index (χ0) is 20.5. The third kappa shape index (κ3) is 11.2. The molecule has 0 aliphatic heterocycles. The Kier molecular flexibility index (Phi) is 14.4. The molecule has 0 unspecified atom stereocenters. The predicted octanol–water partition coefficient (Wildman–Crippen LogP) is 8.68. The van der Waals surface area contributed by atoms with Crippen LogP contribution in [-0.2, 0) is 12.0 Å². The Labute approximate surface area is 176 Å². The zero-order valence-corrected chi connectivity index (χ0v) is 19.4. The molecule has 1 rings (SSSR count). The molecule has 0 aliphatic rings. The fourth-order valence-corrected chi connectivity index (χ4v) is 4.43. The van der Waals surface area contributed by atoms with Crippen molar-refractivity contribution in [3.8, 4) is 0 Å². The number of rotatable bonds is 18. The highest BCUT2D eigenvalue weighted by Gasteiger charge is 2.22. The topological polar surface area (TPSA) is 26.0 Å². The Balaban J connectivity index is 1.96. The second-order valence-electron chi connectivity index (χ2n) is 9.44. The van der Waals surface area contributed by atoms with E-state index in [-0.39, 0.29) is 5.41 Å². The molecule has 1 nitrogen and oxygen atoms in total. The lowest BCUT2D eigenvalue weighted by Crippen LogP contribution is -2.20. The third-order valence-corrected chi connectivity index (χ3v) is 6.37. The van der Waals surface area contributed by atoms with Gasteiger partial charge in [0.15, 0.2) is 0 Å². The molecule has 0 amide bonds. The first-order valence-electron chi connectivity index (χ1n) is 12.4. The Morgan fingerprint density at radius 3 is 1.54 bits per heavy atom. The maximum Gasteiger partial charge on any atom is 0.0181 e. The average molecular weight is 388 g/mol. The highest BCUT2D eigenvalue weighted by molar-refractivity contribution is 5.33. The van der Waals surface area contributed by atoms with Crippen molar-refractivity contribution in [2.24, 2.45) is 5.73 Å². The second kappa shape index (κ2) is 16.0. The van der Waals surface area contributed by atoms with Crippen molar-refractivity contribution in [3.05, 3.63) is 35.4 Å². The summed E-state index contributed by atoms with van der Waals surface area (Å²) in [6, 6.07) is 8.72. The van der Waals surface area contributed by atoms with E-state index in [1.165, 1.54) is 114 Å². The monoisotopic (exact) mass is 387 g/mol. The molecular formula is C27H49N. The first kappa shape index (κ1) is 25.2. The van der Waals surface area contributed by atoms with Gasteiger partial charge in [0.25, 0.3) is 0 Å². The quantitative estimate of drug-likeness (QED) is 0.250. The van der Waals surface area contributed by atoms with E-state index in [1.54, 1.807) is 0 Å². The summed E-state index contributed by atoms with van der Waals surface area (Å²) in [5.41, 5.74) is 8.94. The zero-order valence-electron chi connectivity index (χ0n) is 19.4. The molecule has 2 N–H and O–H groups in total. The highest BCUT2D eigenvalue weighted by Crippen LogP contribution is 2.31. The maximum atomic E-state index is 5.93. The van der Waals surface area contributed by atoms with E-state index in [1.807, 2.05) is 0 Å². The normalized spacial score (nSPS) is 11.9. The molecule has 1 aromatic carbocycles. The Hall–Kier alpha value is -0.820. The van der Waals surface area contributed by atoms with Gasteiger partial charge in [0, 0.05) is 6.54 Å². The fourth-order valence-electron chi connectivity index (χ4n) is 4.43. The third-order valence-electron chi connectivity index (χ3n) is 6.37. The van der Waals surface area contributed by atoms with Crippen molar-refractivity contribution < 1.29 is 0 Å². The van der Waals surface area contributed by atoms with Gasteiger partial charge in [-0.3, -0.25) is 0 Å². The van der Waals surface area contributed by atoms with Gasteiger partial charge in [0.1, 0.15) is 0 Å². The second-order valence-corrected chi connectivity index (χ2v) is 9.44. The van der Waals surface area contributed by atoms with Crippen molar-refractivity contribution in [1.82, 2.24) is 0 Å². The fraction of sp³-hybridized carbons (Fsp3) is 0.778. The van der Waals surface area contributed by atoms with E-state index in [9.17, 15) is 0 Å². The van der Waals surface area contributed by atoms with Gasteiger partial charge < -0.3 is 5.73 Å². The van der Waals surface area contributed by atoms with E-state index in [0.717, 1.165) is 0 Å². The molecule has 1 heteroatoms. The molecule has 0 saturated heterocycles. The molecule has 162 valence electrons. The number of unbranched alkanes of at least 4 members (excludes halogenated alkanes) is 14. The molecule has 1 aromatic rings. The molecular weight excluding hydrogens is 338 g/mol. The maximum absolute atomic E-state index is 5.93. The molecule has 0 atom stereocenters. The Morgan fingerprint density at radius 1 is 0.643 bits per heavy atom. The molecule has 0 spiro atoms. The van der Waals surface area contributed by atoms with Gasteiger partial charge in [0.05, 0.1) is 0 Å². The molecule has 0 aromatic heterocycles. The van der Waals surface area contributed by atoms with Crippen LogP contribution in [0, 0.1) is 0 Å². The van der Waals surface area contributed by atoms with Gasteiger partial charge in [-0.1, -0.05) is 141 Å². The summed E-state index contributed by atoms with van der Waals surface area (Å²) >= 11 is 0. The van der Waals surface area contributed by atoms with Crippen molar-refractivity contribution in [2.75, 3.05) is 0 Å². The van der Waals surface area contributed by atoms with Gasteiger partial charge in [-0.2, -0.15) is 0 Å².